The average Bonchev–Trinajstić information content (AvgIpc) is 2.37. The summed E-state index contributed by atoms with van der Waals surface area (Å²) in [5.74, 6) is -0.0695. The van der Waals surface area contributed by atoms with E-state index in [0.29, 0.717) is 13.0 Å². The first kappa shape index (κ1) is 12.6. The summed E-state index contributed by atoms with van der Waals surface area (Å²) in [6.07, 6.45) is 4.29. The van der Waals surface area contributed by atoms with Gasteiger partial charge in [0, 0.05) is 13.3 Å². The van der Waals surface area contributed by atoms with Gasteiger partial charge in [-0.05, 0) is 35.6 Å². The van der Waals surface area contributed by atoms with E-state index in [9.17, 15) is 9.59 Å². The molecule has 0 atom stereocenters. The van der Waals surface area contributed by atoms with Crippen LogP contribution >= 0.6 is 0 Å². The second-order valence-electron chi connectivity index (χ2n) is 4.47. The van der Waals surface area contributed by atoms with Gasteiger partial charge in [-0.3, -0.25) is 9.59 Å². The number of hydrogen-bond donors (Lipinski definition) is 0. The number of benzene rings is 1. The van der Waals surface area contributed by atoms with Gasteiger partial charge >= 0.3 is 5.97 Å². The molecule has 0 saturated carbocycles. The Morgan fingerprint density at radius 2 is 1.94 bits per heavy atom. The molecule has 0 bridgehead atoms. The third-order valence-electron chi connectivity index (χ3n) is 2.97. The fourth-order valence-corrected chi connectivity index (χ4v) is 2.02. The second kappa shape index (κ2) is 5.63. The van der Waals surface area contributed by atoms with Crippen LogP contribution in [0.15, 0.2) is 30.3 Å². The lowest BCUT2D eigenvalue weighted by Gasteiger charge is -2.12. The molecule has 18 heavy (non-hydrogen) atoms. The second-order valence-corrected chi connectivity index (χ2v) is 4.47. The molecule has 1 aromatic carbocycles. The maximum atomic E-state index is 11.4. The highest BCUT2D eigenvalue weighted by atomic mass is 16.5. The van der Waals surface area contributed by atoms with E-state index in [0.717, 1.165) is 29.5 Å². The van der Waals surface area contributed by atoms with Crippen LogP contribution < -0.4 is 0 Å². The molecule has 0 amide bonds. The lowest BCUT2D eigenvalue weighted by Crippen LogP contribution is -2.02. The summed E-state index contributed by atoms with van der Waals surface area (Å²) in [5.41, 5.74) is 3.14. The van der Waals surface area contributed by atoms with E-state index in [1.165, 1.54) is 6.92 Å². The van der Waals surface area contributed by atoms with Crippen LogP contribution in [0.2, 0.25) is 0 Å². The quantitative estimate of drug-likeness (QED) is 0.768. The highest BCUT2D eigenvalue weighted by Gasteiger charge is 2.11. The zero-order valence-corrected chi connectivity index (χ0v) is 10.4. The minimum Gasteiger partial charge on any atom is -0.461 e. The Morgan fingerprint density at radius 1 is 1.22 bits per heavy atom. The van der Waals surface area contributed by atoms with Crippen LogP contribution in [-0.4, -0.2) is 11.8 Å². The van der Waals surface area contributed by atoms with Gasteiger partial charge in [-0.25, -0.2) is 0 Å². The van der Waals surface area contributed by atoms with Crippen molar-refractivity contribution in [3.05, 3.63) is 41.5 Å². The Labute approximate surface area is 106 Å². The lowest BCUT2D eigenvalue weighted by atomic mass is 9.93. The molecule has 0 unspecified atom stereocenters. The summed E-state index contributed by atoms with van der Waals surface area (Å²) in [6, 6.07) is 7.81. The molecular weight excluding hydrogens is 228 g/mol. The first-order chi connectivity index (χ1) is 8.65. The number of esters is 1. The van der Waals surface area contributed by atoms with Crippen LogP contribution in [0.5, 0.6) is 0 Å². The zero-order chi connectivity index (χ0) is 13.0. The number of ether oxygens (including phenoxy) is 1. The van der Waals surface area contributed by atoms with Gasteiger partial charge in [0.15, 0.2) is 5.78 Å². The molecule has 1 aromatic rings. The molecule has 0 aliphatic heterocycles. The number of carbonyl (C=O) groups excluding carboxylic acids is 2. The standard InChI is InChI=1S/C15H16O3/c1-11(16)18-10-12-5-7-13(8-6-12)14-3-2-4-15(17)9-14/h5-9H,2-4,10H2,1H3. The highest BCUT2D eigenvalue weighted by Crippen LogP contribution is 2.25. The van der Waals surface area contributed by atoms with Crippen LogP contribution in [0.1, 0.15) is 37.3 Å². The molecule has 0 fully saturated rings. The van der Waals surface area contributed by atoms with E-state index in [2.05, 4.69) is 0 Å². The smallest absolute Gasteiger partial charge is 0.302 e. The van der Waals surface area contributed by atoms with Gasteiger partial charge in [-0.15, -0.1) is 0 Å². The Hall–Kier alpha value is -1.90. The number of allylic oxidation sites excluding steroid dienone is 2. The Kier molecular flexibility index (Phi) is 3.92. The van der Waals surface area contributed by atoms with E-state index in [1.807, 2.05) is 24.3 Å². The van der Waals surface area contributed by atoms with Gasteiger partial charge in [0.2, 0.25) is 0 Å². The highest BCUT2D eigenvalue weighted by molar-refractivity contribution is 5.98. The largest absolute Gasteiger partial charge is 0.461 e. The molecule has 1 aliphatic rings. The summed E-state index contributed by atoms with van der Waals surface area (Å²) in [6.45, 7) is 1.69. The molecule has 94 valence electrons. The number of hydrogen-bond acceptors (Lipinski definition) is 3. The fourth-order valence-electron chi connectivity index (χ4n) is 2.02. The molecule has 1 aliphatic carbocycles. The predicted octanol–water partition coefficient (Wildman–Crippen LogP) is 2.89. The first-order valence-corrected chi connectivity index (χ1v) is 6.11. The van der Waals surface area contributed by atoms with Crippen molar-refractivity contribution in [3.63, 3.8) is 0 Å². The third-order valence-corrected chi connectivity index (χ3v) is 2.97. The van der Waals surface area contributed by atoms with E-state index in [1.54, 1.807) is 6.08 Å². The van der Waals surface area contributed by atoms with Gasteiger partial charge in [-0.1, -0.05) is 24.3 Å². The summed E-state index contributed by atoms with van der Waals surface area (Å²) < 4.78 is 4.92. The maximum absolute atomic E-state index is 11.4. The zero-order valence-electron chi connectivity index (χ0n) is 10.4. The number of ketones is 1. The maximum Gasteiger partial charge on any atom is 0.302 e. The van der Waals surface area contributed by atoms with Gasteiger partial charge in [0.1, 0.15) is 6.61 Å². The Bertz CT molecular complexity index is 483. The topological polar surface area (TPSA) is 43.4 Å². The van der Waals surface area contributed by atoms with E-state index >= 15 is 0 Å². The molecular formula is C15H16O3. The van der Waals surface area contributed by atoms with E-state index in [4.69, 9.17) is 4.74 Å². The van der Waals surface area contributed by atoms with Crippen LogP contribution in [-0.2, 0) is 20.9 Å². The Balaban J connectivity index is 2.07. The molecule has 0 aromatic heterocycles. The minimum atomic E-state index is -0.278. The summed E-state index contributed by atoms with van der Waals surface area (Å²) in [4.78, 5) is 22.1. The van der Waals surface area contributed by atoms with Crippen LogP contribution in [0.3, 0.4) is 0 Å². The van der Waals surface area contributed by atoms with Crippen LogP contribution in [0.25, 0.3) is 5.57 Å². The van der Waals surface area contributed by atoms with Crippen molar-refractivity contribution in [1.82, 2.24) is 0 Å². The molecule has 0 heterocycles. The monoisotopic (exact) mass is 244 g/mol. The summed E-state index contributed by atoms with van der Waals surface area (Å²) in [5, 5.41) is 0. The molecule has 3 nitrogen and oxygen atoms in total. The first-order valence-electron chi connectivity index (χ1n) is 6.11. The Morgan fingerprint density at radius 3 is 2.56 bits per heavy atom. The normalized spacial score (nSPS) is 15.2. The molecule has 2 rings (SSSR count). The predicted molar refractivity (Wildman–Crippen MR) is 68.7 cm³/mol. The molecule has 3 heteroatoms. The van der Waals surface area contributed by atoms with Crippen LogP contribution in [0.4, 0.5) is 0 Å². The third kappa shape index (κ3) is 3.29. The van der Waals surface area contributed by atoms with Crippen molar-refractivity contribution in [2.75, 3.05) is 0 Å². The lowest BCUT2D eigenvalue weighted by molar-refractivity contribution is -0.142. The average molecular weight is 244 g/mol. The van der Waals surface area contributed by atoms with Crippen molar-refractivity contribution >= 4 is 17.3 Å². The van der Waals surface area contributed by atoms with Gasteiger partial charge < -0.3 is 4.74 Å². The van der Waals surface area contributed by atoms with Crippen molar-refractivity contribution < 1.29 is 14.3 Å². The van der Waals surface area contributed by atoms with Gasteiger partial charge in [-0.2, -0.15) is 0 Å². The molecule has 0 saturated heterocycles. The summed E-state index contributed by atoms with van der Waals surface area (Å²) in [7, 11) is 0. The molecule has 0 radical (unpaired) electrons. The van der Waals surface area contributed by atoms with Gasteiger partial charge in [0.25, 0.3) is 0 Å². The summed E-state index contributed by atoms with van der Waals surface area (Å²) >= 11 is 0. The SMILES string of the molecule is CC(=O)OCc1ccc(C2=CC(=O)CCC2)cc1. The van der Waals surface area contributed by atoms with E-state index < -0.39 is 0 Å². The fraction of sp³-hybridized carbons (Fsp3) is 0.333. The molecule has 0 spiro atoms. The van der Waals surface area contributed by atoms with Crippen molar-refractivity contribution in [1.29, 1.82) is 0 Å². The van der Waals surface area contributed by atoms with Crippen molar-refractivity contribution in [3.8, 4) is 0 Å². The number of carbonyl (C=O) groups is 2. The van der Waals surface area contributed by atoms with Crippen molar-refractivity contribution in [2.24, 2.45) is 0 Å². The van der Waals surface area contributed by atoms with E-state index in [-0.39, 0.29) is 11.8 Å². The molecule has 0 N–H and O–H groups in total. The minimum absolute atomic E-state index is 0.209. The van der Waals surface area contributed by atoms with Crippen molar-refractivity contribution in [2.45, 2.75) is 32.8 Å². The van der Waals surface area contributed by atoms with Crippen LogP contribution in [0, 0.1) is 0 Å². The number of rotatable bonds is 3. The van der Waals surface area contributed by atoms with Gasteiger partial charge in [0.05, 0.1) is 0 Å².